The van der Waals surface area contributed by atoms with Crippen LogP contribution in [0.3, 0.4) is 0 Å². The Labute approximate surface area is 174 Å². The SMILES string of the molecule is COc1ncc(B2CC(C)(C)C(C)(C)O2)cc1N[S+]([O-])c1cccc(C(=O)O)c1. The fourth-order valence-electron chi connectivity index (χ4n) is 3.24. The first-order valence-corrected chi connectivity index (χ1v) is 10.4. The first kappa shape index (κ1) is 21.5. The van der Waals surface area contributed by atoms with Crippen LogP contribution in [0.15, 0.2) is 41.4 Å². The van der Waals surface area contributed by atoms with Crippen molar-refractivity contribution in [2.45, 2.75) is 44.5 Å². The summed E-state index contributed by atoms with van der Waals surface area (Å²) in [5, 5.41) is 9.14. The van der Waals surface area contributed by atoms with Gasteiger partial charge in [-0.15, -0.1) is 0 Å². The molecular formula is C20H25BN2O5S. The molecule has 0 amide bonds. The summed E-state index contributed by atoms with van der Waals surface area (Å²) in [6, 6.07) is 7.81. The van der Waals surface area contributed by atoms with Crippen molar-refractivity contribution < 1.29 is 23.8 Å². The molecule has 1 aliphatic rings. The predicted octanol–water partition coefficient (Wildman–Crippen LogP) is 2.96. The van der Waals surface area contributed by atoms with Gasteiger partial charge in [0.1, 0.15) is 17.0 Å². The average molecular weight is 416 g/mol. The summed E-state index contributed by atoms with van der Waals surface area (Å²) in [5.74, 6) is -0.776. The second-order valence-electron chi connectivity index (χ2n) is 8.23. The number of aromatic carboxylic acids is 1. The number of carboxylic acid groups (broad SMARTS) is 1. The number of rotatable bonds is 6. The van der Waals surface area contributed by atoms with E-state index in [-0.39, 0.29) is 23.5 Å². The van der Waals surface area contributed by atoms with E-state index in [0.29, 0.717) is 16.5 Å². The van der Waals surface area contributed by atoms with Gasteiger partial charge in [-0.25, -0.2) is 9.78 Å². The van der Waals surface area contributed by atoms with E-state index in [1.54, 1.807) is 18.3 Å². The molecule has 1 saturated heterocycles. The van der Waals surface area contributed by atoms with Crippen molar-refractivity contribution in [2.24, 2.45) is 5.41 Å². The third kappa shape index (κ3) is 4.36. The zero-order valence-corrected chi connectivity index (χ0v) is 18.0. The minimum atomic E-state index is -1.69. The largest absolute Gasteiger partial charge is 0.588 e. The fourth-order valence-corrected chi connectivity index (χ4v) is 4.14. The maximum Gasteiger partial charge on any atom is 0.335 e. The molecule has 154 valence electrons. The maximum atomic E-state index is 12.8. The number of hydrogen-bond acceptors (Lipinski definition) is 6. The zero-order valence-electron chi connectivity index (χ0n) is 17.2. The third-order valence-corrected chi connectivity index (χ3v) is 6.78. The van der Waals surface area contributed by atoms with Gasteiger partial charge < -0.3 is 19.1 Å². The second-order valence-corrected chi connectivity index (χ2v) is 9.45. The highest BCUT2D eigenvalue weighted by Crippen LogP contribution is 2.45. The van der Waals surface area contributed by atoms with Crippen LogP contribution < -0.4 is 14.9 Å². The molecule has 0 bridgehead atoms. The second kappa shape index (κ2) is 7.89. The highest BCUT2D eigenvalue weighted by molar-refractivity contribution is 7.92. The van der Waals surface area contributed by atoms with Crippen LogP contribution in [0.5, 0.6) is 5.88 Å². The zero-order chi connectivity index (χ0) is 21.4. The first-order chi connectivity index (χ1) is 13.5. The van der Waals surface area contributed by atoms with E-state index < -0.39 is 17.3 Å². The third-order valence-electron chi connectivity index (χ3n) is 5.70. The smallest absolute Gasteiger partial charge is 0.335 e. The Hall–Kier alpha value is -2.23. The molecule has 1 aromatic heterocycles. The van der Waals surface area contributed by atoms with Gasteiger partial charge in [-0.1, -0.05) is 19.9 Å². The van der Waals surface area contributed by atoms with E-state index in [1.807, 2.05) is 6.07 Å². The number of pyridine rings is 1. The number of aromatic nitrogens is 1. The maximum absolute atomic E-state index is 12.8. The Morgan fingerprint density at radius 2 is 2.07 bits per heavy atom. The molecule has 1 unspecified atom stereocenters. The molecule has 1 aromatic carbocycles. The molecule has 0 radical (unpaired) electrons. The molecule has 2 aromatic rings. The molecule has 1 atom stereocenters. The highest BCUT2D eigenvalue weighted by atomic mass is 32.2. The van der Waals surface area contributed by atoms with Gasteiger partial charge in [0, 0.05) is 12.3 Å². The summed E-state index contributed by atoms with van der Waals surface area (Å²) in [5.41, 5.74) is 1.09. The van der Waals surface area contributed by atoms with Crippen molar-refractivity contribution in [1.29, 1.82) is 0 Å². The van der Waals surface area contributed by atoms with E-state index >= 15 is 0 Å². The number of carbonyl (C=O) groups is 1. The molecular weight excluding hydrogens is 391 g/mol. The van der Waals surface area contributed by atoms with Crippen molar-refractivity contribution in [3.05, 3.63) is 42.1 Å². The topological polar surface area (TPSA) is 104 Å². The number of hydrogen-bond donors (Lipinski definition) is 2. The lowest BCUT2D eigenvalue weighted by molar-refractivity contribution is 0.0375. The summed E-state index contributed by atoms with van der Waals surface area (Å²) >= 11 is -1.69. The average Bonchev–Trinajstić information content (AvgIpc) is 2.89. The molecule has 2 N–H and O–H groups in total. The molecule has 29 heavy (non-hydrogen) atoms. The summed E-state index contributed by atoms with van der Waals surface area (Å²) in [6.45, 7) is 8.37. The number of nitrogens with zero attached hydrogens (tertiary/aromatic N) is 1. The predicted molar refractivity (Wildman–Crippen MR) is 113 cm³/mol. The Bertz CT molecular complexity index is 905. The number of nitrogens with one attached hydrogen (secondary N) is 1. The van der Waals surface area contributed by atoms with Gasteiger partial charge >= 0.3 is 12.9 Å². The van der Waals surface area contributed by atoms with Gasteiger partial charge in [-0.05, 0) is 49.2 Å². The quantitative estimate of drug-likeness (QED) is 0.551. The van der Waals surface area contributed by atoms with E-state index in [4.69, 9.17) is 14.5 Å². The van der Waals surface area contributed by atoms with Crippen LogP contribution in [-0.4, -0.2) is 40.2 Å². The normalized spacial score (nSPS) is 18.3. The van der Waals surface area contributed by atoms with Crippen molar-refractivity contribution in [3.8, 4) is 5.88 Å². The van der Waals surface area contributed by atoms with Gasteiger partial charge in [0.05, 0.1) is 18.3 Å². The molecule has 0 aliphatic carbocycles. The Balaban J connectivity index is 1.87. The minimum absolute atomic E-state index is 0.00865. The van der Waals surface area contributed by atoms with Gasteiger partial charge in [-0.3, -0.25) is 0 Å². The van der Waals surface area contributed by atoms with E-state index in [2.05, 4.69) is 37.4 Å². The van der Waals surface area contributed by atoms with Crippen LogP contribution in [0, 0.1) is 5.41 Å². The monoisotopic (exact) mass is 416 g/mol. The number of ether oxygens (including phenoxy) is 1. The van der Waals surface area contributed by atoms with Crippen molar-refractivity contribution in [3.63, 3.8) is 0 Å². The molecule has 1 fully saturated rings. The van der Waals surface area contributed by atoms with Gasteiger partial charge in [-0.2, -0.15) is 4.72 Å². The lowest BCUT2D eigenvalue weighted by Gasteiger charge is -2.34. The molecule has 7 nitrogen and oxygen atoms in total. The molecule has 0 saturated carbocycles. The van der Waals surface area contributed by atoms with Crippen molar-refractivity contribution in [1.82, 2.24) is 4.98 Å². The van der Waals surface area contributed by atoms with Gasteiger partial charge in [0.15, 0.2) is 4.90 Å². The number of carboxylic acids is 1. The van der Waals surface area contributed by atoms with Crippen LogP contribution in [0.1, 0.15) is 38.1 Å². The molecule has 0 spiro atoms. The van der Waals surface area contributed by atoms with Crippen molar-refractivity contribution >= 4 is 35.4 Å². The van der Waals surface area contributed by atoms with Gasteiger partial charge in [0.2, 0.25) is 5.88 Å². The Morgan fingerprint density at radius 3 is 2.66 bits per heavy atom. The van der Waals surface area contributed by atoms with Crippen LogP contribution in [0.2, 0.25) is 6.32 Å². The Morgan fingerprint density at radius 1 is 1.34 bits per heavy atom. The molecule has 3 rings (SSSR count). The molecule has 9 heteroatoms. The van der Waals surface area contributed by atoms with Crippen molar-refractivity contribution in [2.75, 3.05) is 11.8 Å². The number of methoxy groups -OCH3 is 1. The number of benzene rings is 1. The molecule has 2 heterocycles. The van der Waals surface area contributed by atoms with Gasteiger partial charge in [0.25, 0.3) is 0 Å². The summed E-state index contributed by atoms with van der Waals surface area (Å²) in [7, 11) is 1.49. The van der Waals surface area contributed by atoms with Crippen LogP contribution in [0.4, 0.5) is 5.69 Å². The number of anilines is 1. The summed E-state index contributed by atoms with van der Waals surface area (Å²) < 4.78 is 27.2. The van der Waals surface area contributed by atoms with E-state index in [0.717, 1.165) is 11.8 Å². The van der Waals surface area contributed by atoms with Crippen LogP contribution in [0.25, 0.3) is 0 Å². The molecule has 1 aliphatic heterocycles. The van der Waals surface area contributed by atoms with E-state index in [1.165, 1.54) is 19.2 Å². The lowest BCUT2D eigenvalue weighted by atomic mass is 9.54. The Kier molecular flexibility index (Phi) is 5.85. The van der Waals surface area contributed by atoms with Crippen LogP contribution >= 0.6 is 0 Å². The minimum Gasteiger partial charge on any atom is -0.588 e. The van der Waals surface area contributed by atoms with Crippen LogP contribution in [-0.2, 0) is 16.0 Å². The fraction of sp³-hybridized carbons (Fsp3) is 0.400. The first-order valence-electron chi connectivity index (χ1n) is 9.27. The summed E-state index contributed by atoms with van der Waals surface area (Å²) in [4.78, 5) is 15.8. The summed E-state index contributed by atoms with van der Waals surface area (Å²) in [6.07, 6.45) is 2.54. The standard InChI is InChI=1S/C20H25BN2O5S/c1-19(2)12-21(28-20(19,3)4)14-10-16(17(27-5)22-11-14)23-29(26)15-8-6-7-13(9-15)18(24)25/h6-11,23H,12H2,1-5H3,(H,24,25). The highest BCUT2D eigenvalue weighted by Gasteiger charge is 2.50. The lowest BCUT2D eigenvalue weighted by Crippen LogP contribution is -2.36. The van der Waals surface area contributed by atoms with E-state index in [9.17, 15) is 9.35 Å².